The second kappa shape index (κ2) is 11.2. The Balaban J connectivity index is 1.66. The van der Waals surface area contributed by atoms with Crippen molar-refractivity contribution in [2.45, 2.75) is 27.7 Å². The molecule has 0 atom stereocenters. The molecule has 0 amide bonds. The van der Waals surface area contributed by atoms with Crippen molar-refractivity contribution in [2.24, 2.45) is 0 Å². The van der Waals surface area contributed by atoms with Crippen LogP contribution in [0.15, 0.2) is 109 Å². The van der Waals surface area contributed by atoms with Crippen molar-refractivity contribution < 1.29 is 23.8 Å². The molecule has 0 aliphatic rings. The zero-order valence-electron chi connectivity index (χ0n) is 20.4. The summed E-state index contributed by atoms with van der Waals surface area (Å²) >= 11 is 0. The van der Waals surface area contributed by atoms with E-state index in [0.29, 0.717) is 34.2 Å². The van der Waals surface area contributed by atoms with Gasteiger partial charge in [-0.1, -0.05) is 61.7 Å². The van der Waals surface area contributed by atoms with E-state index in [1.165, 1.54) is 0 Å². The van der Waals surface area contributed by atoms with Crippen molar-refractivity contribution >= 4 is 11.9 Å². The Morgan fingerprint density at radius 2 is 0.857 bits per heavy atom. The first kappa shape index (κ1) is 25.2. The number of ether oxygens (including phenoxy) is 3. The lowest BCUT2D eigenvalue weighted by molar-refractivity contribution is -0.135. The summed E-state index contributed by atoms with van der Waals surface area (Å²) in [7, 11) is 0. The Labute approximate surface area is 206 Å². The van der Waals surface area contributed by atoms with Gasteiger partial charge in [0.05, 0.1) is 0 Å². The highest BCUT2D eigenvalue weighted by Gasteiger charge is 2.09. The molecule has 0 fully saturated rings. The maximum absolute atomic E-state index is 11.7. The molecule has 35 heavy (non-hydrogen) atoms. The van der Waals surface area contributed by atoms with E-state index in [1.807, 2.05) is 60.7 Å². The average Bonchev–Trinajstić information content (AvgIpc) is 2.85. The Kier molecular flexibility index (Phi) is 8.05. The second-order valence-electron chi connectivity index (χ2n) is 8.18. The molecular formula is C30H28O5. The third kappa shape index (κ3) is 6.81. The largest absolute Gasteiger partial charge is 0.459 e. The van der Waals surface area contributed by atoms with Crippen LogP contribution in [0.1, 0.15) is 27.7 Å². The van der Waals surface area contributed by atoms with E-state index >= 15 is 0 Å². The predicted molar refractivity (Wildman–Crippen MR) is 138 cm³/mol. The monoisotopic (exact) mass is 468 g/mol. The van der Waals surface area contributed by atoms with Gasteiger partial charge in [0.2, 0.25) is 0 Å². The van der Waals surface area contributed by atoms with Gasteiger partial charge in [-0.25, -0.2) is 9.59 Å². The Morgan fingerprint density at radius 1 is 0.514 bits per heavy atom. The smallest absolute Gasteiger partial charge is 0.338 e. The molecule has 0 saturated carbocycles. The average molecular weight is 469 g/mol. The van der Waals surface area contributed by atoms with E-state index in [4.69, 9.17) is 14.2 Å². The van der Waals surface area contributed by atoms with Crippen LogP contribution >= 0.6 is 0 Å². The Bertz CT molecular complexity index is 1280. The standard InChI is InChI=1S/C30H28O5/c1-19(2)29(31)34-22(6)21(5)33-27-15-11-25(12-16-27)23-7-9-24(10-8-23)26-13-17-28(18-14-26)35-30(32)20(3)4/h7-18H,1,3H2,2,4-6H3/b22-21+. The van der Waals surface area contributed by atoms with Gasteiger partial charge < -0.3 is 14.2 Å². The molecule has 0 saturated heterocycles. The van der Waals surface area contributed by atoms with E-state index in [-0.39, 0.29) is 0 Å². The van der Waals surface area contributed by atoms with Crippen molar-refractivity contribution in [2.75, 3.05) is 0 Å². The van der Waals surface area contributed by atoms with E-state index < -0.39 is 11.9 Å². The van der Waals surface area contributed by atoms with Gasteiger partial charge in [-0.3, -0.25) is 0 Å². The number of allylic oxidation sites excluding steroid dienone is 2. The summed E-state index contributed by atoms with van der Waals surface area (Å²) in [5.74, 6) is 1.09. The minimum atomic E-state index is -0.480. The first-order chi connectivity index (χ1) is 16.6. The highest BCUT2D eigenvalue weighted by molar-refractivity contribution is 5.89. The lowest BCUT2D eigenvalue weighted by Crippen LogP contribution is -2.07. The van der Waals surface area contributed by atoms with Crippen molar-refractivity contribution in [1.29, 1.82) is 0 Å². The molecule has 3 rings (SSSR count). The molecule has 5 heteroatoms. The second-order valence-corrected chi connectivity index (χ2v) is 8.18. The van der Waals surface area contributed by atoms with E-state index in [0.717, 1.165) is 22.3 Å². The SMILES string of the molecule is C=C(C)C(=O)O/C(C)=C(\C)Oc1ccc(-c2ccc(-c3ccc(OC(=O)C(=C)C)cc3)cc2)cc1. The summed E-state index contributed by atoms with van der Waals surface area (Å²) in [5.41, 5.74) is 4.85. The maximum atomic E-state index is 11.7. The molecule has 0 aromatic heterocycles. The summed E-state index contributed by atoms with van der Waals surface area (Å²) in [6.07, 6.45) is 0. The fourth-order valence-electron chi connectivity index (χ4n) is 3.03. The fraction of sp³-hybridized carbons (Fsp3) is 0.133. The first-order valence-electron chi connectivity index (χ1n) is 11.1. The quantitative estimate of drug-likeness (QED) is 0.151. The molecule has 3 aromatic carbocycles. The van der Waals surface area contributed by atoms with Crippen molar-refractivity contribution in [3.63, 3.8) is 0 Å². The molecule has 5 nitrogen and oxygen atoms in total. The summed E-state index contributed by atoms with van der Waals surface area (Å²) in [5, 5.41) is 0. The molecular weight excluding hydrogens is 440 g/mol. The van der Waals surface area contributed by atoms with Crippen LogP contribution in [0.5, 0.6) is 11.5 Å². The molecule has 0 aliphatic carbocycles. The summed E-state index contributed by atoms with van der Waals surface area (Å²) < 4.78 is 16.3. The van der Waals surface area contributed by atoms with Crippen LogP contribution in [0, 0.1) is 0 Å². The zero-order valence-corrected chi connectivity index (χ0v) is 20.4. The number of carbonyl (C=O) groups is 2. The van der Waals surface area contributed by atoms with Crippen LogP contribution in [0.2, 0.25) is 0 Å². The number of carbonyl (C=O) groups excluding carboxylic acids is 2. The van der Waals surface area contributed by atoms with Crippen LogP contribution in [0.4, 0.5) is 0 Å². The van der Waals surface area contributed by atoms with Crippen molar-refractivity contribution in [3.8, 4) is 33.8 Å². The van der Waals surface area contributed by atoms with Gasteiger partial charge in [-0.05, 0) is 74.2 Å². The van der Waals surface area contributed by atoms with Crippen LogP contribution in [-0.2, 0) is 14.3 Å². The van der Waals surface area contributed by atoms with E-state index in [1.54, 1.807) is 39.8 Å². The molecule has 178 valence electrons. The minimum absolute atomic E-state index is 0.327. The zero-order chi connectivity index (χ0) is 25.5. The van der Waals surface area contributed by atoms with Gasteiger partial charge in [-0.15, -0.1) is 0 Å². The normalized spacial score (nSPS) is 11.2. The lowest BCUT2D eigenvalue weighted by atomic mass is 10.0. The maximum Gasteiger partial charge on any atom is 0.338 e. The van der Waals surface area contributed by atoms with E-state index in [2.05, 4.69) is 13.2 Å². The van der Waals surface area contributed by atoms with Gasteiger partial charge in [0, 0.05) is 11.1 Å². The highest BCUT2D eigenvalue weighted by Crippen LogP contribution is 2.28. The van der Waals surface area contributed by atoms with Gasteiger partial charge in [0.25, 0.3) is 0 Å². The van der Waals surface area contributed by atoms with Gasteiger partial charge in [0.1, 0.15) is 23.0 Å². The summed E-state index contributed by atoms with van der Waals surface area (Å²) in [6.45, 7) is 13.8. The molecule has 3 aromatic rings. The summed E-state index contributed by atoms with van der Waals surface area (Å²) in [6, 6.07) is 23.2. The fourth-order valence-corrected chi connectivity index (χ4v) is 3.03. The summed E-state index contributed by atoms with van der Waals surface area (Å²) in [4.78, 5) is 23.3. The minimum Gasteiger partial charge on any atom is -0.459 e. The third-order valence-electron chi connectivity index (χ3n) is 5.18. The molecule has 0 unspecified atom stereocenters. The van der Waals surface area contributed by atoms with Crippen LogP contribution < -0.4 is 9.47 Å². The Morgan fingerprint density at radius 3 is 1.23 bits per heavy atom. The first-order valence-corrected chi connectivity index (χ1v) is 11.1. The molecule has 0 aliphatic heterocycles. The molecule has 0 heterocycles. The number of hydrogen-bond donors (Lipinski definition) is 0. The highest BCUT2D eigenvalue weighted by atomic mass is 16.6. The third-order valence-corrected chi connectivity index (χ3v) is 5.18. The Hall–Kier alpha value is -4.38. The van der Waals surface area contributed by atoms with Crippen molar-refractivity contribution in [1.82, 2.24) is 0 Å². The topological polar surface area (TPSA) is 61.8 Å². The van der Waals surface area contributed by atoms with Crippen LogP contribution in [0.25, 0.3) is 22.3 Å². The van der Waals surface area contributed by atoms with Crippen LogP contribution in [-0.4, -0.2) is 11.9 Å². The molecule has 0 spiro atoms. The lowest BCUT2D eigenvalue weighted by Gasteiger charge is -2.11. The number of rotatable bonds is 8. The van der Waals surface area contributed by atoms with Gasteiger partial charge >= 0.3 is 11.9 Å². The van der Waals surface area contributed by atoms with Gasteiger partial charge in [-0.2, -0.15) is 0 Å². The molecule has 0 radical (unpaired) electrons. The predicted octanol–water partition coefficient (Wildman–Crippen LogP) is 7.25. The number of benzene rings is 3. The van der Waals surface area contributed by atoms with Crippen LogP contribution in [0.3, 0.4) is 0 Å². The molecule has 0 N–H and O–H groups in total. The number of esters is 2. The molecule has 0 bridgehead atoms. The van der Waals surface area contributed by atoms with E-state index in [9.17, 15) is 9.59 Å². The number of hydrogen-bond acceptors (Lipinski definition) is 5. The van der Waals surface area contributed by atoms with Gasteiger partial charge in [0.15, 0.2) is 0 Å². The van der Waals surface area contributed by atoms with Crippen molar-refractivity contribution in [3.05, 3.63) is 109 Å².